The highest BCUT2D eigenvalue weighted by Gasteiger charge is 2.21. The molecular weight excluding hydrogens is 158 g/mol. The highest BCUT2D eigenvalue weighted by molar-refractivity contribution is 6.64. The maximum Gasteiger partial charge on any atom is 0.332 e. The van der Waals surface area contributed by atoms with Crippen molar-refractivity contribution in [3.05, 3.63) is 0 Å². The fourth-order valence-electron chi connectivity index (χ4n) is 0.441. The van der Waals surface area contributed by atoms with Crippen LogP contribution in [0.15, 0.2) is 0 Å². The molecule has 11 heavy (non-hydrogen) atoms. The van der Waals surface area contributed by atoms with Gasteiger partial charge in [0.2, 0.25) is 0 Å². The number of hydrogen-bond donors (Lipinski definition) is 1. The third-order valence-corrected chi connectivity index (χ3v) is 3.23. The third kappa shape index (κ3) is 6.49. The molecule has 0 aliphatic rings. The molecule has 1 N–H and O–H groups in total. The number of rotatable bonds is 5. The van der Waals surface area contributed by atoms with Crippen LogP contribution in [0.1, 0.15) is 13.8 Å². The minimum Gasteiger partial charge on any atom is -0.398 e. The van der Waals surface area contributed by atoms with Crippen molar-refractivity contribution < 1.29 is 8.85 Å². The largest absolute Gasteiger partial charge is 0.398 e. The smallest absolute Gasteiger partial charge is 0.332 e. The van der Waals surface area contributed by atoms with E-state index in [1.807, 2.05) is 13.1 Å². The molecule has 0 aromatic carbocycles. The Hall–Kier alpha value is 0.0969. The van der Waals surface area contributed by atoms with Gasteiger partial charge in [-0.05, 0) is 26.9 Å². The summed E-state index contributed by atoms with van der Waals surface area (Å²) in [6.45, 7) is 8.81. The highest BCUT2D eigenvalue weighted by atomic mass is 28.4. The summed E-state index contributed by atoms with van der Waals surface area (Å²) in [7, 11) is -0.111. The van der Waals surface area contributed by atoms with Gasteiger partial charge < -0.3 is 8.85 Å². The summed E-state index contributed by atoms with van der Waals surface area (Å²) in [5, 5.41) is 3.17. The Balaban J connectivity index is 3.38. The van der Waals surface area contributed by atoms with E-state index in [-0.39, 0.29) is 0 Å². The first-order chi connectivity index (χ1) is 4.98. The van der Waals surface area contributed by atoms with E-state index in [0.29, 0.717) is 12.8 Å². The van der Waals surface area contributed by atoms with Gasteiger partial charge in [-0.2, -0.15) is 0 Å². The summed E-state index contributed by atoms with van der Waals surface area (Å²) in [6.07, 6.45) is 0. The van der Waals surface area contributed by atoms with E-state index >= 15 is 0 Å². The van der Waals surface area contributed by atoms with Crippen molar-refractivity contribution in [3.63, 3.8) is 0 Å². The first kappa shape index (κ1) is 11.1. The van der Waals surface area contributed by atoms with Gasteiger partial charge in [0.05, 0.1) is 6.73 Å². The van der Waals surface area contributed by atoms with Gasteiger partial charge in [0.15, 0.2) is 0 Å². The van der Waals surface area contributed by atoms with E-state index in [2.05, 4.69) is 19.2 Å². The van der Waals surface area contributed by atoms with E-state index in [1.54, 1.807) is 7.11 Å². The Bertz CT molecular complexity index is 107. The average Bonchev–Trinajstić information content (AvgIpc) is 1.87. The second-order valence-electron chi connectivity index (χ2n) is 3.25. The Morgan fingerprint density at radius 3 is 2.27 bits per heavy atom. The zero-order valence-corrected chi connectivity index (χ0v) is 9.10. The quantitative estimate of drug-likeness (QED) is 0.507. The molecule has 4 heteroatoms. The summed E-state index contributed by atoms with van der Waals surface area (Å²) >= 11 is 0. The van der Waals surface area contributed by atoms with Crippen LogP contribution in [0, 0.1) is 0 Å². The zero-order chi connectivity index (χ0) is 8.91. The molecule has 0 fully saturated rings. The van der Waals surface area contributed by atoms with Crippen LogP contribution in [0.25, 0.3) is 0 Å². The van der Waals surface area contributed by atoms with Crippen molar-refractivity contribution in [1.29, 1.82) is 0 Å². The maximum atomic E-state index is 5.50. The first-order valence-corrected chi connectivity index (χ1v) is 6.72. The monoisotopic (exact) mass is 177 g/mol. The molecule has 0 aromatic heterocycles. The Morgan fingerprint density at radius 1 is 1.36 bits per heavy atom. The number of hydrogen-bond acceptors (Lipinski definition) is 3. The van der Waals surface area contributed by atoms with Crippen LogP contribution in [-0.2, 0) is 8.85 Å². The van der Waals surface area contributed by atoms with E-state index in [4.69, 9.17) is 8.85 Å². The van der Waals surface area contributed by atoms with E-state index in [0.717, 1.165) is 0 Å². The molecule has 0 aliphatic heterocycles. The minimum absolute atomic E-state index is 0.469. The summed E-state index contributed by atoms with van der Waals surface area (Å²) in [4.78, 5) is 0. The second-order valence-corrected chi connectivity index (χ2v) is 6.75. The lowest BCUT2D eigenvalue weighted by Gasteiger charge is -2.21. The first-order valence-electron chi connectivity index (χ1n) is 3.90. The SMILES string of the molecule is CO[Si](C)(C)OCNC(C)C. The fraction of sp³-hybridized carbons (Fsp3) is 1.00. The van der Waals surface area contributed by atoms with Gasteiger partial charge in [-0.1, -0.05) is 0 Å². The highest BCUT2D eigenvalue weighted by Crippen LogP contribution is 2.02. The van der Waals surface area contributed by atoms with Gasteiger partial charge in [-0.15, -0.1) is 0 Å². The van der Waals surface area contributed by atoms with Crippen molar-refractivity contribution in [2.24, 2.45) is 0 Å². The summed E-state index contributed by atoms with van der Waals surface area (Å²) in [5.74, 6) is 0. The van der Waals surface area contributed by atoms with Crippen molar-refractivity contribution in [2.45, 2.75) is 33.0 Å². The van der Waals surface area contributed by atoms with Crippen LogP contribution < -0.4 is 5.32 Å². The molecule has 0 heterocycles. The van der Waals surface area contributed by atoms with Crippen LogP contribution in [0.4, 0.5) is 0 Å². The Kier molecular flexibility index (Phi) is 4.91. The summed E-state index contributed by atoms with van der Waals surface area (Å²) in [5.41, 5.74) is 0. The maximum absolute atomic E-state index is 5.50. The van der Waals surface area contributed by atoms with Crippen molar-refractivity contribution in [1.82, 2.24) is 5.32 Å². The van der Waals surface area contributed by atoms with Gasteiger partial charge in [0.1, 0.15) is 0 Å². The van der Waals surface area contributed by atoms with Crippen LogP contribution in [0.5, 0.6) is 0 Å². The molecule has 0 radical (unpaired) electrons. The van der Waals surface area contributed by atoms with Gasteiger partial charge in [-0.25, -0.2) is 0 Å². The molecule has 0 unspecified atom stereocenters. The second kappa shape index (κ2) is 4.87. The lowest BCUT2D eigenvalue weighted by Crippen LogP contribution is -2.38. The predicted octanol–water partition coefficient (Wildman–Crippen LogP) is 1.31. The molecule has 0 amide bonds. The number of nitrogens with one attached hydrogen (secondary N) is 1. The molecule has 0 saturated heterocycles. The standard InChI is InChI=1S/C7H19NO2Si/c1-7(2)8-6-10-11(4,5)9-3/h7-8H,6H2,1-5H3. The van der Waals surface area contributed by atoms with Gasteiger partial charge >= 0.3 is 8.56 Å². The van der Waals surface area contributed by atoms with E-state index in [1.165, 1.54) is 0 Å². The minimum atomic E-state index is -1.81. The Labute approximate surface area is 70.3 Å². The lowest BCUT2D eigenvalue weighted by molar-refractivity contribution is 0.188. The van der Waals surface area contributed by atoms with Crippen molar-refractivity contribution >= 4 is 8.56 Å². The molecule has 0 spiro atoms. The van der Waals surface area contributed by atoms with Gasteiger partial charge in [0.25, 0.3) is 0 Å². The molecule has 0 bridgehead atoms. The molecule has 0 rings (SSSR count). The Morgan fingerprint density at radius 2 is 1.91 bits per heavy atom. The van der Waals surface area contributed by atoms with Gasteiger partial charge in [-0.3, -0.25) is 5.32 Å². The molecule has 0 aliphatic carbocycles. The predicted molar refractivity (Wildman–Crippen MR) is 48.7 cm³/mol. The van der Waals surface area contributed by atoms with E-state index in [9.17, 15) is 0 Å². The van der Waals surface area contributed by atoms with E-state index < -0.39 is 8.56 Å². The average molecular weight is 177 g/mol. The summed E-state index contributed by atoms with van der Waals surface area (Å²) < 4.78 is 10.7. The van der Waals surface area contributed by atoms with Crippen LogP contribution >= 0.6 is 0 Å². The van der Waals surface area contributed by atoms with Crippen molar-refractivity contribution in [3.8, 4) is 0 Å². The molecule has 3 nitrogen and oxygen atoms in total. The van der Waals surface area contributed by atoms with Gasteiger partial charge in [0, 0.05) is 13.2 Å². The van der Waals surface area contributed by atoms with Crippen LogP contribution in [0.3, 0.4) is 0 Å². The summed E-state index contributed by atoms with van der Waals surface area (Å²) in [6, 6.07) is 0.469. The molecule has 0 atom stereocenters. The van der Waals surface area contributed by atoms with Crippen molar-refractivity contribution in [2.75, 3.05) is 13.8 Å². The molecule has 0 saturated carbocycles. The fourth-order valence-corrected chi connectivity index (χ4v) is 0.990. The van der Waals surface area contributed by atoms with Crippen LogP contribution in [0.2, 0.25) is 13.1 Å². The third-order valence-electron chi connectivity index (χ3n) is 1.40. The normalized spacial score (nSPS) is 12.5. The molecule has 0 aromatic rings. The topological polar surface area (TPSA) is 30.5 Å². The molecular formula is C7H19NO2Si. The lowest BCUT2D eigenvalue weighted by atomic mass is 10.4. The van der Waals surface area contributed by atoms with Crippen LogP contribution in [-0.4, -0.2) is 28.4 Å². The molecule has 68 valence electrons. The zero-order valence-electron chi connectivity index (χ0n) is 8.10.